The molecular formula is C13H16N4O3S2. The fraction of sp³-hybridized carbons (Fsp3) is 0.231. The predicted molar refractivity (Wildman–Crippen MR) is 85.5 cm³/mol. The van der Waals surface area contributed by atoms with Crippen LogP contribution >= 0.6 is 11.3 Å². The standard InChI is InChI=1S/C13H16N4O3S2/c1-9-7-15-3-2-11(9)16-4-5-17-22(19,20)12-6-10(8-21-12)13(14)18/h2-3,6-8,17H,4-5H2,1H3,(H2,14,18)(H,15,16). The summed E-state index contributed by atoms with van der Waals surface area (Å²) in [5.41, 5.74) is 7.18. The van der Waals surface area contributed by atoms with Gasteiger partial charge in [-0.3, -0.25) is 9.78 Å². The molecule has 118 valence electrons. The first kappa shape index (κ1) is 16.4. The second-order valence-corrected chi connectivity index (χ2v) is 7.44. The van der Waals surface area contributed by atoms with E-state index in [0.29, 0.717) is 6.54 Å². The van der Waals surface area contributed by atoms with E-state index in [-0.39, 0.29) is 16.3 Å². The molecule has 0 fully saturated rings. The number of carbonyl (C=O) groups excluding carboxylic acids is 1. The van der Waals surface area contributed by atoms with E-state index in [4.69, 9.17) is 5.73 Å². The maximum atomic E-state index is 12.1. The number of rotatable bonds is 7. The molecule has 0 saturated carbocycles. The highest BCUT2D eigenvalue weighted by Crippen LogP contribution is 2.19. The van der Waals surface area contributed by atoms with Gasteiger partial charge in [0.25, 0.3) is 0 Å². The van der Waals surface area contributed by atoms with Gasteiger partial charge in [-0.15, -0.1) is 11.3 Å². The molecule has 2 heterocycles. The zero-order valence-corrected chi connectivity index (χ0v) is 13.5. The summed E-state index contributed by atoms with van der Waals surface area (Å²) in [5.74, 6) is -0.646. The van der Waals surface area contributed by atoms with Gasteiger partial charge in [0.15, 0.2) is 0 Å². The van der Waals surface area contributed by atoms with Gasteiger partial charge in [-0.2, -0.15) is 0 Å². The Morgan fingerprint density at radius 2 is 2.18 bits per heavy atom. The van der Waals surface area contributed by atoms with Crippen molar-refractivity contribution in [2.45, 2.75) is 11.1 Å². The second kappa shape index (κ2) is 6.86. The van der Waals surface area contributed by atoms with Crippen LogP contribution in [0.3, 0.4) is 0 Å². The average Bonchev–Trinajstić information content (AvgIpc) is 2.96. The first-order chi connectivity index (χ1) is 10.4. The largest absolute Gasteiger partial charge is 0.383 e. The molecule has 0 radical (unpaired) electrons. The van der Waals surface area contributed by atoms with Gasteiger partial charge in [-0.05, 0) is 24.6 Å². The summed E-state index contributed by atoms with van der Waals surface area (Å²) in [6.07, 6.45) is 3.39. The first-order valence-corrected chi connectivity index (χ1v) is 8.79. The Bertz CT molecular complexity index is 771. The van der Waals surface area contributed by atoms with E-state index in [1.165, 1.54) is 11.4 Å². The molecule has 22 heavy (non-hydrogen) atoms. The summed E-state index contributed by atoms with van der Waals surface area (Å²) >= 11 is 0.962. The number of nitrogens with one attached hydrogen (secondary N) is 2. The highest BCUT2D eigenvalue weighted by atomic mass is 32.2. The Morgan fingerprint density at radius 3 is 2.82 bits per heavy atom. The number of aryl methyl sites for hydroxylation is 1. The van der Waals surface area contributed by atoms with E-state index in [9.17, 15) is 13.2 Å². The highest BCUT2D eigenvalue weighted by Gasteiger charge is 2.17. The number of hydrogen-bond donors (Lipinski definition) is 3. The number of hydrogen-bond acceptors (Lipinski definition) is 6. The van der Waals surface area contributed by atoms with Crippen molar-refractivity contribution in [3.8, 4) is 0 Å². The van der Waals surface area contributed by atoms with Crippen molar-refractivity contribution in [2.75, 3.05) is 18.4 Å². The number of nitrogens with zero attached hydrogens (tertiary/aromatic N) is 1. The van der Waals surface area contributed by atoms with E-state index in [0.717, 1.165) is 22.6 Å². The van der Waals surface area contributed by atoms with Crippen LogP contribution in [0.4, 0.5) is 5.69 Å². The molecule has 2 rings (SSSR count). The van der Waals surface area contributed by atoms with Gasteiger partial charge in [0, 0.05) is 36.6 Å². The molecule has 7 nitrogen and oxygen atoms in total. The lowest BCUT2D eigenvalue weighted by molar-refractivity contribution is 0.100. The lowest BCUT2D eigenvalue weighted by Gasteiger charge is -2.09. The molecule has 0 bridgehead atoms. The average molecular weight is 340 g/mol. The van der Waals surface area contributed by atoms with Crippen molar-refractivity contribution in [3.63, 3.8) is 0 Å². The molecule has 4 N–H and O–H groups in total. The Kier molecular flexibility index (Phi) is 5.11. The molecule has 0 spiro atoms. The molecule has 0 aromatic carbocycles. The van der Waals surface area contributed by atoms with Gasteiger partial charge < -0.3 is 11.1 Å². The minimum atomic E-state index is -3.63. The molecule has 2 aromatic rings. The maximum Gasteiger partial charge on any atom is 0.250 e. The summed E-state index contributed by atoms with van der Waals surface area (Å²) in [7, 11) is -3.63. The quantitative estimate of drug-likeness (QED) is 0.649. The van der Waals surface area contributed by atoms with Crippen LogP contribution in [-0.4, -0.2) is 32.4 Å². The van der Waals surface area contributed by atoms with Crippen LogP contribution in [-0.2, 0) is 10.0 Å². The maximum absolute atomic E-state index is 12.1. The monoisotopic (exact) mass is 340 g/mol. The van der Waals surface area contributed by atoms with Gasteiger partial charge in [0.1, 0.15) is 4.21 Å². The molecule has 0 saturated heterocycles. The van der Waals surface area contributed by atoms with Crippen molar-refractivity contribution in [2.24, 2.45) is 5.73 Å². The third-order valence-corrected chi connectivity index (χ3v) is 5.78. The Morgan fingerprint density at radius 1 is 1.41 bits per heavy atom. The SMILES string of the molecule is Cc1cnccc1NCCNS(=O)(=O)c1cc(C(N)=O)cs1. The fourth-order valence-electron chi connectivity index (χ4n) is 1.71. The number of anilines is 1. The number of sulfonamides is 1. The van der Waals surface area contributed by atoms with Gasteiger partial charge in [-0.1, -0.05) is 0 Å². The molecule has 9 heteroatoms. The molecule has 0 atom stereocenters. The zero-order valence-electron chi connectivity index (χ0n) is 11.9. The minimum absolute atomic E-state index is 0.0707. The second-order valence-electron chi connectivity index (χ2n) is 4.53. The third kappa shape index (κ3) is 4.03. The van der Waals surface area contributed by atoms with Crippen LogP contribution in [0.2, 0.25) is 0 Å². The summed E-state index contributed by atoms with van der Waals surface area (Å²) in [5, 5.41) is 4.55. The molecule has 0 aliphatic heterocycles. The van der Waals surface area contributed by atoms with E-state index >= 15 is 0 Å². The summed E-state index contributed by atoms with van der Waals surface area (Å²) < 4.78 is 26.7. The fourth-order valence-corrected chi connectivity index (χ4v) is 3.96. The Hall–Kier alpha value is -1.97. The molecule has 1 amide bonds. The van der Waals surface area contributed by atoms with Gasteiger partial charge in [-0.25, -0.2) is 13.1 Å². The van der Waals surface area contributed by atoms with E-state index in [1.807, 2.05) is 13.0 Å². The molecule has 0 aliphatic rings. The Balaban J connectivity index is 1.90. The summed E-state index contributed by atoms with van der Waals surface area (Å²) in [6, 6.07) is 3.10. The summed E-state index contributed by atoms with van der Waals surface area (Å²) in [6.45, 7) is 2.56. The van der Waals surface area contributed by atoms with Crippen LogP contribution in [0.15, 0.2) is 34.1 Å². The lowest BCUT2D eigenvalue weighted by Crippen LogP contribution is -2.28. The topological polar surface area (TPSA) is 114 Å². The van der Waals surface area contributed by atoms with Crippen molar-refractivity contribution in [3.05, 3.63) is 41.0 Å². The normalized spacial score (nSPS) is 11.3. The zero-order chi connectivity index (χ0) is 16.2. The first-order valence-electron chi connectivity index (χ1n) is 6.42. The number of amides is 1. The van der Waals surface area contributed by atoms with Crippen molar-refractivity contribution < 1.29 is 13.2 Å². The third-order valence-electron chi connectivity index (χ3n) is 2.88. The highest BCUT2D eigenvalue weighted by molar-refractivity contribution is 7.91. The lowest BCUT2D eigenvalue weighted by atomic mass is 10.2. The van der Waals surface area contributed by atoms with Crippen molar-refractivity contribution >= 4 is 33.0 Å². The van der Waals surface area contributed by atoms with Gasteiger partial charge in [0.05, 0.1) is 5.56 Å². The summed E-state index contributed by atoms with van der Waals surface area (Å²) in [4.78, 5) is 15.0. The number of aromatic nitrogens is 1. The van der Waals surface area contributed by atoms with Crippen LogP contribution in [0, 0.1) is 6.92 Å². The van der Waals surface area contributed by atoms with Crippen LogP contribution in [0.1, 0.15) is 15.9 Å². The minimum Gasteiger partial charge on any atom is -0.383 e. The number of pyridine rings is 1. The number of carbonyl (C=O) groups is 1. The number of thiophene rings is 1. The van der Waals surface area contributed by atoms with E-state index in [2.05, 4.69) is 15.0 Å². The van der Waals surface area contributed by atoms with E-state index < -0.39 is 15.9 Å². The van der Waals surface area contributed by atoms with Crippen molar-refractivity contribution in [1.82, 2.24) is 9.71 Å². The molecular weight excluding hydrogens is 324 g/mol. The van der Waals surface area contributed by atoms with E-state index in [1.54, 1.807) is 12.4 Å². The molecule has 0 aliphatic carbocycles. The van der Waals surface area contributed by atoms with Gasteiger partial charge in [0.2, 0.25) is 15.9 Å². The van der Waals surface area contributed by atoms with Crippen LogP contribution < -0.4 is 15.8 Å². The van der Waals surface area contributed by atoms with Gasteiger partial charge >= 0.3 is 0 Å². The van der Waals surface area contributed by atoms with Crippen molar-refractivity contribution in [1.29, 1.82) is 0 Å². The molecule has 0 unspecified atom stereocenters. The molecule has 2 aromatic heterocycles. The van der Waals surface area contributed by atoms with Crippen LogP contribution in [0.25, 0.3) is 0 Å². The number of primary amides is 1. The smallest absolute Gasteiger partial charge is 0.250 e. The van der Waals surface area contributed by atoms with Crippen LogP contribution in [0.5, 0.6) is 0 Å². The number of nitrogens with two attached hydrogens (primary N) is 1. The predicted octanol–water partition coefficient (Wildman–Crippen LogP) is 0.941. The Labute approximate surface area is 132 Å².